The van der Waals surface area contributed by atoms with Gasteiger partial charge in [0, 0.05) is 68.2 Å². The lowest BCUT2D eigenvalue weighted by Crippen LogP contribution is -2.40. The molecule has 6 heteroatoms. The van der Waals surface area contributed by atoms with Gasteiger partial charge in [-0.15, -0.1) is 0 Å². The molecule has 0 aliphatic carbocycles. The first kappa shape index (κ1) is 21.8. The molecule has 2 aromatic heterocycles. The maximum absolute atomic E-state index is 13.3. The quantitative estimate of drug-likeness (QED) is 0.639. The van der Waals surface area contributed by atoms with E-state index in [2.05, 4.69) is 52.1 Å². The fourth-order valence-electron chi connectivity index (χ4n) is 5.42. The molecule has 0 saturated carbocycles. The highest BCUT2D eigenvalue weighted by atomic mass is 16.2. The Kier molecular flexibility index (Phi) is 6.27. The molecule has 1 saturated heterocycles. The number of carbonyl (C=O) groups excluding carboxylic acids is 1. The summed E-state index contributed by atoms with van der Waals surface area (Å²) < 4.78 is 0. The highest BCUT2D eigenvalue weighted by Crippen LogP contribution is 2.29. The van der Waals surface area contributed by atoms with Crippen LogP contribution in [0.3, 0.4) is 0 Å². The van der Waals surface area contributed by atoms with Crippen molar-refractivity contribution < 1.29 is 4.79 Å². The Morgan fingerprint density at radius 3 is 2.70 bits per heavy atom. The molecule has 0 spiro atoms. The first-order valence-corrected chi connectivity index (χ1v) is 12.1. The van der Waals surface area contributed by atoms with E-state index in [0.717, 1.165) is 61.5 Å². The molecule has 0 unspecified atom stereocenters. The van der Waals surface area contributed by atoms with Crippen molar-refractivity contribution in [3.05, 3.63) is 70.7 Å². The first-order chi connectivity index (χ1) is 16.1. The summed E-state index contributed by atoms with van der Waals surface area (Å²) in [5.74, 6) is 0.711. The average Bonchev–Trinajstić information content (AvgIpc) is 3.26. The summed E-state index contributed by atoms with van der Waals surface area (Å²) in [6.07, 6.45) is 7.36. The van der Waals surface area contributed by atoms with Crippen molar-refractivity contribution in [2.75, 3.05) is 19.6 Å². The fraction of sp³-hybridized carbons (Fsp3) is 0.444. The van der Waals surface area contributed by atoms with E-state index in [1.165, 1.54) is 23.1 Å². The number of aromatic nitrogens is 3. The van der Waals surface area contributed by atoms with E-state index in [4.69, 9.17) is 0 Å². The van der Waals surface area contributed by atoms with E-state index in [1.807, 2.05) is 17.0 Å². The van der Waals surface area contributed by atoms with Gasteiger partial charge in [0.25, 0.3) is 0 Å². The molecule has 4 heterocycles. The minimum Gasteiger partial charge on any atom is -0.338 e. The lowest BCUT2D eigenvalue weighted by molar-refractivity contribution is -0.133. The van der Waals surface area contributed by atoms with Crippen molar-refractivity contribution in [1.29, 1.82) is 0 Å². The summed E-state index contributed by atoms with van der Waals surface area (Å²) in [5.41, 5.74) is 8.47. The number of benzene rings is 1. The molecule has 1 amide bonds. The molecular formula is C27H33N5O. The monoisotopic (exact) mass is 443 g/mol. The number of nitrogens with one attached hydrogen (secondary N) is 1. The van der Waals surface area contributed by atoms with Crippen LogP contribution in [0.25, 0.3) is 11.3 Å². The molecule has 1 aromatic carbocycles. The number of aryl methyl sites for hydroxylation is 2. The molecule has 2 aliphatic heterocycles. The van der Waals surface area contributed by atoms with Gasteiger partial charge in [-0.3, -0.25) is 19.8 Å². The van der Waals surface area contributed by atoms with E-state index in [9.17, 15) is 4.79 Å². The van der Waals surface area contributed by atoms with Crippen LogP contribution in [-0.2, 0) is 24.3 Å². The number of pyridine rings is 1. The third-order valence-electron chi connectivity index (χ3n) is 7.33. The van der Waals surface area contributed by atoms with Crippen LogP contribution in [0.15, 0.2) is 42.7 Å². The molecule has 33 heavy (non-hydrogen) atoms. The van der Waals surface area contributed by atoms with E-state index < -0.39 is 0 Å². The van der Waals surface area contributed by atoms with Crippen molar-refractivity contribution in [1.82, 2.24) is 25.0 Å². The predicted molar refractivity (Wildman–Crippen MR) is 129 cm³/mol. The number of hydrogen-bond donors (Lipinski definition) is 1. The van der Waals surface area contributed by atoms with Crippen molar-refractivity contribution in [2.24, 2.45) is 5.92 Å². The SMILES string of the molecule is Cc1cccc(C)c1CN1CCC[C@@H](CC(=O)N2CCc3[nH]nc(-c4ccncc4)c3C2)C1. The summed E-state index contributed by atoms with van der Waals surface area (Å²) >= 11 is 0. The third kappa shape index (κ3) is 4.71. The van der Waals surface area contributed by atoms with Gasteiger partial charge in [0.1, 0.15) is 0 Å². The standard InChI is InChI=1S/C27H33N5O/c1-19-5-3-6-20(2)23(19)17-31-13-4-7-21(16-31)15-26(33)32-14-10-25-24(18-32)27(30-29-25)22-8-11-28-12-9-22/h3,5-6,8-9,11-12,21H,4,7,10,13-18H2,1-2H3,(H,29,30)/t21-/m0/s1. The Hall–Kier alpha value is -2.99. The fourth-order valence-corrected chi connectivity index (χ4v) is 5.42. The Balaban J connectivity index is 1.22. The topological polar surface area (TPSA) is 65.1 Å². The van der Waals surface area contributed by atoms with Crippen molar-refractivity contribution in [2.45, 2.75) is 52.6 Å². The average molecular weight is 444 g/mol. The minimum atomic E-state index is 0.279. The van der Waals surface area contributed by atoms with Crippen LogP contribution in [0.5, 0.6) is 0 Å². The molecule has 172 valence electrons. The summed E-state index contributed by atoms with van der Waals surface area (Å²) in [5, 5.41) is 7.73. The van der Waals surface area contributed by atoms with Gasteiger partial charge >= 0.3 is 0 Å². The van der Waals surface area contributed by atoms with Gasteiger partial charge in [-0.1, -0.05) is 18.2 Å². The van der Waals surface area contributed by atoms with Gasteiger partial charge in [0.05, 0.1) is 5.69 Å². The highest BCUT2D eigenvalue weighted by Gasteiger charge is 2.29. The highest BCUT2D eigenvalue weighted by molar-refractivity contribution is 5.77. The van der Waals surface area contributed by atoms with E-state index >= 15 is 0 Å². The second-order valence-electron chi connectivity index (χ2n) is 9.65. The molecule has 0 radical (unpaired) electrons. The lowest BCUT2D eigenvalue weighted by Gasteiger charge is -2.35. The molecule has 0 bridgehead atoms. The van der Waals surface area contributed by atoms with E-state index in [0.29, 0.717) is 18.9 Å². The van der Waals surface area contributed by atoms with Crippen LogP contribution in [0.2, 0.25) is 0 Å². The number of nitrogens with zero attached hydrogens (tertiary/aromatic N) is 4. The molecule has 6 nitrogen and oxygen atoms in total. The number of aromatic amines is 1. The zero-order valence-electron chi connectivity index (χ0n) is 19.7. The number of fused-ring (bicyclic) bond motifs is 1. The van der Waals surface area contributed by atoms with Crippen LogP contribution in [-0.4, -0.2) is 50.5 Å². The second-order valence-corrected chi connectivity index (χ2v) is 9.65. The van der Waals surface area contributed by atoms with Crippen LogP contribution in [0.1, 0.15) is 47.2 Å². The molecular weight excluding hydrogens is 410 g/mol. The number of rotatable bonds is 5. The first-order valence-electron chi connectivity index (χ1n) is 12.1. The molecule has 1 N–H and O–H groups in total. The predicted octanol–water partition coefficient (Wildman–Crippen LogP) is 4.28. The number of piperidine rings is 1. The second kappa shape index (κ2) is 9.48. The largest absolute Gasteiger partial charge is 0.338 e. The number of carbonyl (C=O) groups is 1. The van der Waals surface area contributed by atoms with Crippen LogP contribution in [0, 0.1) is 19.8 Å². The number of hydrogen-bond acceptors (Lipinski definition) is 4. The summed E-state index contributed by atoms with van der Waals surface area (Å²) in [7, 11) is 0. The van der Waals surface area contributed by atoms with Gasteiger partial charge < -0.3 is 4.90 Å². The van der Waals surface area contributed by atoms with Gasteiger partial charge in [-0.2, -0.15) is 5.10 Å². The van der Waals surface area contributed by atoms with Crippen molar-refractivity contribution in [3.63, 3.8) is 0 Å². The van der Waals surface area contributed by atoms with Crippen LogP contribution < -0.4 is 0 Å². The summed E-state index contributed by atoms with van der Waals surface area (Å²) in [4.78, 5) is 22.0. The van der Waals surface area contributed by atoms with Gasteiger partial charge in [-0.25, -0.2) is 0 Å². The molecule has 2 aliphatic rings. The van der Waals surface area contributed by atoms with Gasteiger partial charge in [-0.05, 0) is 68.0 Å². The minimum absolute atomic E-state index is 0.279. The van der Waals surface area contributed by atoms with Crippen molar-refractivity contribution in [3.8, 4) is 11.3 Å². The zero-order chi connectivity index (χ0) is 22.8. The maximum Gasteiger partial charge on any atom is 0.223 e. The molecule has 5 rings (SSSR count). The van der Waals surface area contributed by atoms with Gasteiger partial charge in [0.2, 0.25) is 5.91 Å². The molecule has 1 atom stereocenters. The summed E-state index contributed by atoms with van der Waals surface area (Å²) in [6.45, 7) is 8.93. The van der Waals surface area contributed by atoms with E-state index in [1.54, 1.807) is 12.4 Å². The maximum atomic E-state index is 13.3. The molecule has 3 aromatic rings. The molecule has 1 fully saturated rings. The summed E-state index contributed by atoms with van der Waals surface area (Å²) in [6, 6.07) is 10.5. The van der Waals surface area contributed by atoms with Crippen molar-refractivity contribution >= 4 is 5.91 Å². The van der Waals surface area contributed by atoms with Crippen LogP contribution in [0.4, 0.5) is 0 Å². The smallest absolute Gasteiger partial charge is 0.223 e. The van der Waals surface area contributed by atoms with Gasteiger partial charge in [0.15, 0.2) is 0 Å². The Morgan fingerprint density at radius 1 is 1.12 bits per heavy atom. The Bertz CT molecular complexity index is 1100. The normalized spacial score (nSPS) is 18.8. The lowest BCUT2D eigenvalue weighted by atomic mass is 9.92. The Morgan fingerprint density at radius 2 is 1.91 bits per heavy atom. The zero-order valence-corrected chi connectivity index (χ0v) is 19.7. The number of H-pyrrole nitrogens is 1. The Labute approximate surface area is 196 Å². The number of likely N-dealkylation sites (tertiary alicyclic amines) is 1. The van der Waals surface area contributed by atoms with Crippen LogP contribution >= 0.6 is 0 Å². The van der Waals surface area contributed by atoms with E-state index in [-0.39, 0.29) is 5.91 Å². The third-order valence-corrected chi connectivity index (χ3v) is 7.33. The number of amides is 1.